The summed E-state index contributed by atoms with van der Waals surface area (Å²) >= 11 is 1.30. The molecule has 2 aromatic heterocycles. The summed E-state index contributed by atoms with van der Waals surface area (Å²) in [5.41, 5.74) is 1.46. The Hall–Kier alpha value is -2.65. The molecule has 5 nitrogen and oxygen atoms in total. The number of hydrogen-bond acceptors (Lipinski definition) is 6. The lowest BCUT2D eigenvalue weighted by molar-refractivity contribution is 0.523. The standard InChI is InChI=1S/C13H7N3O2S/c14-7-8-1-3-9(4-2-8)15-13-16-10-5-6-19-11(10)12(17)18-13/h1-6H,(H,15,16). The van der Waals surface area contributed by atoms with Gasteiger partial charge in [0.15, 0.2) is 0 Å². The maximum atomic E-state index is 11.7. The van der Waals surface area contributed by atoms with Crippen LogP contribution >= 0.6 is 11.3 Å². The maximum absolute atomic E-state index is 11.7. The highest BCUT2D eigenvalue weighted by atomic mass is 32.1. The van der Waals surface area contributed by atoms with Gasteiger partial charge in [0.1, 0.15) is 4.70 Å². The molecule has 0 aliphatic heterocycles. The second kappa shape index (κ2) is 4.55. The average molecular weight is 269 g/mol. The van der Waals surface area contributed by atoms with E-state index in [1.807, 2.05) is 6.07 Å². The van der Waals surface area contributed by atoms with Crippen molar-refractivity contribution in [2.75, 3.05) is 5.32 Å². The van der Waals surface area contributed by atoms with Crippen LogP contribution < -0.4 is 10.9 Å². The molecule has 0 saturated heterocycles. The molecule has 0 unspecified atom stereocenters. The third-order valence-corrected chi connectivity index (χ3v) is 3.39. The van der Waals surface area contributed by atoms with E-state index < -0.39 is 5.63 Å². The van der Waals surface area contributed by atoms with Crippen LogP contribution in [0.1, 0.15) is 5.56 Å². The second-order valence-electron chi connectivity index (χ2n) is 3.76. The number of benzene rings is 1. The van der Waals surface area contributed by atoms with E-state index in [4.69, 9.17) is 9.68 Å². The molecule has 0 amide bonds. The minimum Gasteiger partial charge on any atom is -0.388 e. The first-order valence-electron chi connectivity index (χ1n) is 5.42. The number of fused-ring (bicyclic) bond motifs is 1. The maximum Gasteiger partial charge on any atom is 0.358 e. The lowest BCUT2D eigenvalue weighted by Gasteiger charge is -2.03. The Labute approximate surface area is 111 Å². The first-order chi connectivity index (χ1) is 9.26. The minimum atomic E-state index is -0.406. The van der Waals surface area contributed by atoms with Gasteiger partial charge in [-0.1, -0.05) is 0 Å². The molecule has 0 spiro atoms. The first-order valence-corrected chi connectivity index (χ1v) is 6.30. The highest BCUT2D eigenvalue weighted by Gasteiger charge is 2.07. The first kappa shape index (κ1) is 11.4. The summed E-state index contributed by atoms with van der Waals surface area (Å²) < 4.78 is 5.58. The van der Waals surface area contributed by atoms with Gasteiger partial charge in [-0.25, -0.2) is 4.79 Å². The highest BCUT2D eigenvalue weighted by Crippen LogP contribution is 2.19. The van der Waals surface area contributed by atoms with Gasteiger partial charge < -0.3 is 9.73 Å². The minimum absolute atomic E-state index is 0.139. The molecule has 92 valence electrons. The van der Waals surface area contributed by atoms with E-state index in [0.717, 1.165) is 0 Å². The van der Waals surface area contributed by atoms with Crippen molar-refractivity contribution in [2.45, 2.75) is 0 Å². The van der Waals surface area contributed by atoms with E-state index in [1.165, 1.54) is 11.3 Å². The summed E-state index contributed by atoms with van der Waals surface area (Å²) in [4.78, 5) is 15.9. The van der Waals surface area contributed by atoms with Crippen LogP contribution in [0, 0.1) is 11.3 Å². The quantitative estimate of drug-likeness (QED) is 0.773. The van der Waals surface area contributed by atoms with Gasteiger partial charge in [0.2, 0.25) is 0 Å². The van der Waals surface area contributed by atoms with E-state index in [9.17, 15) is 4.79 Å². The fourth-order valence-electron chi connectivity index (χ4n) is 1.61. The van der Waals surface area contributed by atoms with Crippen molar-refractivity contribution >= 4 is 33.3 Å². The van der Waals surface area contributed by atoms with Crippen molar-refractivity contribution in [3.05, 3.63) is 51.7 Å². The average Bonchev–Trinajstić information content (AvgIpc) is 2.88. The summed E-state index contributed by atoms with van der Waals surface area (Å²) in [6.45, 7) is 0. The molecule has 0 radical (unpaired) electrons. The second-order valence-corrected chi connectivity index (χ2v) is 4.67. The molecule has 2 heterocycles. The summed E-state index contributed by atoms with van der Waals surface area (Å²) in [5.74, 6) is 0. The van der Waals surface area contributed by atoms with Crippen LogP contribution in [0.4, 0.5) is 11.7 Å². The Morgan fingerprint density at radius 1 is 1.26 bits per heavy atom. The van der Waals surface area contributed by atoms with Crippen molar-refractivity contribution in [2.24, 2.45) is 0 Å². The number of rotatable bonds is 2. The Bertz CT molecular complexity index is 827. The Kier molecular flexibility index (Phi) is 2.74. The van der Waals surface area contributed by atoms with Crippen LogP contribution in [0.15, 0.2) is 44.9 Å². The van der Waals surface area contributed by atoms with Gasteiger partial charge in [-0.3, -0.25) is 0 Å². The Morgan fingerprint density at radius 2 is 2.05 bits per heavy atom. The number of nitriles is 1. The molecule has 6 heteroatoms. The summed E-state index contributed by atoms with van der Waals surface area (Å²) in [7, 11) is 0. The number of aromatic nitrogens is 1. The zero-order valence-electron chi connectivity index (χ0n) is 9.58. The molecule has 0 saturated carbocycles. The molecule has 3 aromatic rings. The topological polar surface area (TPSA) is 78.9 Å². The molecule has 0 aliphatic carbocycles. The van der Waals surface area contributed by atoms with Gasteiger partial charge in [-0.2, -0.15) is 10.2 Å². The number of thiophene rings is 1. The van der Waals surface area contributed by atoms with Crippen molar-refractivity contribution in [3.63, 3.8) is 0 Å². The van der Waals surface area contributed by atoms with E-state index in [1.54, 1.807) is 35.7 Å². The van der Waals surface area contributed by atoms with Crippen molar-refractivity contribution in [3.8, 4) is 6.07 Å². The highest BCUT2D eigenvalue weighted by molar-refractivity contribution is 7.17. The Morgan fingerprint density at radius 3 is 2.79 bits per heavy atom. The lowest BCUT2D eigenvalue weighted by Crippen LogP contribution is -2.03. The van der Waals surface area contributed by atoms with Crippen LogP contribution in [-0.2, 0) is 0 Å². The largest absolute Gasteiger partial charge is 0.388 e. The van der Waals surface area contributed by atoms with Gasteiger partial charge in [0.05, 0.1) is 17.1 Å². The Balaban J connectivity index is 1.96. The molecule has 0 fully saturated rings. The van der Waals surface area contributed by atoms with Crippen molar-refractivity contribution < 1.29 is 4.42 Å². The smallest absolute Gasteiger partial charge is 0.358 e. The van der Waals surface area contributed by atoms with Gasteiger partial charge in [0.25, 0.3) is 0 Å². The molecule has 3 rings (SSSR count). The van der Waals surface area contributed by atoms with Gasteiger partial charge in [-0.05, 0) is 35.7 Å². The number of nitrogens with zero attached hydrogens (tertiary/aromatic N) is 2. The molecular formula is C13H7N3O2S. The van der Waals surface area contributed by atoms with Gasteiger partial charge in [-0.15, -0.1) is 11.3 Å². The third-order valence-electron chi connectivity index (χ3n) is 2.51. The molecular weight excluding hydrogens is 262 g/mol. The van der Waals surface area contributed by atoms with Crippen LogP contribution in [-0.4, -0.2) is 4.98 Å². The van der Waals surface area contributed by atoms with E-state index >= 15 is 0 Å². The summed E-state index contributed by atoms with van der Waals surface area (Å²) in [6.07, 6.45) is 0. The fourth-order valence-corrected chi connectivity index (χ4v) is 2.32. The van der Waals surface area contributed by atoms with Gasteiger partial charge in [0, 0.05) is 5.69 Å². The third kappa shape index (κ3) is 2.19. The number of hydrogen-bond donors (Lipinski definition) is 1. The predicted molar refractivity (Wildman–Crippen MR) is 72.6 cm³/mol. The molecule has 0 bridgehead atoms. The van der Waals surface area contributed by atoms with E-state index in [2.05, 4.69) is 10.3 Å². The van der Waals surface area contributed by atoms with E-state index in [0.29, 0.717) is 21.5 Å². The molecule has 0 atom stereocenters. The van der Waals surface area contributed by atoms with Crippen molar-refractivity contribution in [1.29, 1.82) is 5.26 Å². The van der Waals surface area contributed by atoms with Crippen LogP contribution in [0.2, 0.25) is 0 Å². The van der Waals surface area contributed by atoms with Crippen LogP contribution in [0.5, 0.6) is 0 Å². The normalized spacial score (nSPS) is 10.3. The van der Waals surface area contributed by atoms with Crippen LogP contribution in [0.3, 0.4) is 0 Å². The fraction of sp³-hybridized carbons (Fsp3) is 0. The molecule has 19 heavy (non-hydrogen) atoms. The molecule has 0 aliphatic rings. The number of anilines is 2. The zero-order chi connectivity index (χ0) is 13.2. The number of nitrogens with one attached hydrogen (secondary N) is 1. The van der Waals surface area contributed by atoms with Crippen molar-refractivity contribution in [1.82, 2.24) is 4.98 Å². The molecule has 1 N–H and O–H groups in total. The lowest BCUT2D eigenvalue weighted by atomic mass is 10.2. The van der Waals surface area contributed by atoms with Gasteiger partial charge >= 0.3 is 11.6 Å². The van der Waals surface area contributed by atoms with E-state index in [-0.39, 0.29) is 6.01 Å². The molecule has 1 aromatic carbocycles. The monoisotopic (exact) mass is 269 g/mol. The van der Waals surface area contributed by atoms with Crippen LogP contribution in [0.25, 0.3) is 10.2 Å². The predicted octanol–water partition coefficient (Wildman–Crippen LogP) is 2.86. The summed E-state index contributed by atoms with van der Waals surface area (Å²) in [5, 5.41) is 13.4. The summed E-state index contributed by atoms with van der Waals surface area (Å²) in [6, 6.07) is 10.7. The SMILES string of the molecule is N#Cc1ccc(Nc2nc3ccsc3c(=O)o2)cc1. The zero-order valence-corrected chi connectivity index (χ0v) is 10.4.